The lowest BCUT2D eigenvalue weighted by Crippen LogP contribution is -2.39. The van der Waals surface area contributed by atoms with Gasteiger partial charge in [-0.3, -0.25) is 0 Å². The maximum Gasteiger partial charge on any atom is 0.416 e. The van der Waals surface area contributed by atoms with Crippen molar-refractivity contribution in [2.75, 3.05) is 16.3 Å². The number of hydrogen-bond acceptors (Lipinski definition) is 4. The van der Waals surface area contributed by atoms with E-state index in [-0.39, 0.29) is 12.1 Å². The van der Waals surface area contributed by atoms with Crippen LogP contribution in [0.1, 0.15) is 72.0 Å². The van der Waals surface area contributed by atoms with E-state index in [2.05, 4.69) is 71.3 Å². The highest BCUT2D eigenvalue weighted by atomic mass is 19.4. The predicted molar refractivity (Wildman–Crippen MR) is 226 cm³/mol. The number of aromatic carboxylic acids is 1. The first-order chi connectivity index (χ1) is 28.7. The lowest BCUT2D eigenvalue weighted by atomic mass is 9.82. The summed E-state index contributed by atoms with van der Waals surface area (Å²) in [6.07, 6.45) is 6.48. The summed E-state index contributed by atoms with van der Waals surface area (Å²) < 4.78 is 51.2. The van der Waals surface area contributed by atoms with E-state index in [1.807, 2.05) is 47.1 Å². The SMILES string of the molecule is CCN1/C(=C\C=C2\CCCC(/C=C3\CCC[n+]4c3oc3ccc(-c5ccccc5)cc34)=C2c2ccccc2)N(Cc2cccc(C(=O)O)c2)c2cc(C(F)(F)F)ccc21. The summed E-state index contributed by atoms with van der Waals surface area (Å²) in [7, 11) is 0. The van der Waals surface area contributed by atoms with Crippen molar-refractivity contribution in [3.63, 3.8) is 0 Å². The van der Waals surface area contributed by atoms with Crippen LogP contribution in [0, 0.1) is 0 Å². The van der Waals surface area contributed by atoms with Gasteiger partial charge < -0.3 is 19.3 Å². The van der Waals surface area contributed by atoms with Gasteiger partial charge in [0.25, 0.3) is 5.52 Å². The van der Waals surface area contributed by atoms with E-state index in [4.69, 9.17) is 4.42 Å². The number of hydrogen-bond donors (Lipinski definition) is 1. The molecule has 6 nitrogen and oxygen atoms in total. The number of halogens is 3. The fraction of sp³-hybridized carbons (Fsp3) is 0.200. The molecule has 296 valence electrons. The quantitative estimate of drug-likeness (QED) is 0.156. The molecule has 0 spiro atoms. The molecule has 2 aliphatic heterocycles. The highest BCUT2D eigenvalue weighted by Crippen LogP contribution is 2.46. The number of carbonyl (C=O) groups is 1. The molecule has 9 rings (SSSR count). The van der Waals surface area contributed by atoms with E-state index in [0.29, 0.717) is 23.5 Å². The molecule has 6 aromatic rings. The number of aromatic nitrogens is 1. The number of aryl methyl sites for hydroxylation is 1. The van der Waals surface area contributed by atoms with Crippen molar-refractivity contribution < 1.29 is 32.1 Å². The smallest absolute Gasteiger partial charge is 0.416 e. The molecule has 9 heteroatoms. The zero-order valence-electron chi connectivity index (χ0n) is 32.7. The van der Waals surface area contributed by atoms with Crippen molar-refractivity contribution >= 4 is 39.6 Å². The lowest BCUT2D eigenvalue weighted by molar-refractivity contribution is -0.682. The third-order valence-corrected chi connectivity index (χ3v) is 11.6. The van der Waals surface area contributed by atoms with Gasteiger partial charge in [0, 0.05) is 25.6 Å². The molecule has 5 aromatic carbocycles. The molecule has 0 bridgehead atoms. The Kier molecular flexibility index (Phi) is 10.0. The Labute approximate surface area is 341 Å². The molecule has 1 aromatic heterocycles. The molecule has 0 amide bonds. The van der Waals surface area contributed by atoms with Crippen LogP contribution in [0.4, 0.5) is 24.5 Å². The van der Waals surface area contributed by atoms with Gasteiger partial charge in [-0.2, -0.15) is 17.7 Å². The maximum atomic E-state index is 14.1. The average molecular weight is 791 g/mol. The van der Waals surface area contributed by atoms with Crippen molar-refractivity contribution in [1.82, 2.24) is 0 Å². The van der Waals surface area contributed by atoms with Gasteiger partial charge in [-0.05, 0) is 120 Å². The van der Waals surface area contributed by atoms with Crippen molar-refractivity contribution in [2.24, 2.45) is 0 Å². The largest absolute Gasteiger partial charge is 0.478 e. The van der Waals surface area contributed by atoms with E-state index in [1.54, 1.807) is 18.2 Å². The van der Waals surface area contributed by atoms with Gasteiger partial charge in [0.15, 0.2) is 6.54 Å². The van der Waals surface area contributed by atoms with E-state index in [9.17, 15) is 23.1 Å². The Morgan fingerprint density at radius 1 is 0.763 bits per heavy atom. The second-order valence-corrected chi connectivity index (χ2v) is 15.3. The minimum Gasteiger partial charge on any atom is -0.478 e. The highest BCUT2D eigenvalue weighted by Gasteiger charge is 2.37. The van der Waals surface area contributed by atoms with Gasteiger partial charge in [-0.25, -0.2) is 4.79 Å². The van der Waals surface area contributed by atoms with Crippen LogP contribution in [0.2, 0.25) is 0 Å². The summed E-state index contributed by atoms with van der Waals surface area (Å²) in [5.74, 6) is 0.545. The van der Waals surface area contributed by atoms with Crippen molar-refractivity contribution in [1.29, 1.82) is 0 Å². The molecule has 59 heavy (non-hydrogen) atoms. The van der Waals surface area contributed by atoms with E-state index < -0.39 is 17.7 Å². The number of rotatable bonds is 8. The molecule has 3 aliphatic rings. The fourth-order valence-electron chi connectivity index (χ4n) is 8.82. The maximum absolute atomic E-state index is 14.1. The molecule has 3 heterocycles. The number of allylic oxidation sites excluding steroid dienone is 7. The average Bonchev–Trinajstić information content (AvgIpc) is 3.78. The van der Waals surface area contributed by atoms with Gasteiger partial charge in [0.1, 0.15) is 5.82 Å². The van der Waals surface area contributed by atoms with Crippen molar-refractivity contribution in [3.8, 4) is 11.1 Å². The molecular weight excluding hydrogens is 748 g/mol. The number of fused-ring (bicyclic) bond motifs is 4. The molecule has 0 saturated heterocycles. The standard InChI is InChI=1S/C50H42F3N3O3/c1-2-54-42-24-23-41(50(51,52)53)31-43(42)56(32-33-12-9-19-40(28-33)49(57)58)46(54)26-22-36-17-10-18-38(47(36)35-15-7-4-8-16-35)29-39-20-11-27-55-44-30-37(34-13-5-3-6-14-34)21-25-45(44)59-48(39)55/h3-9,12-16,19,21-26,28-31H,2,10-11,17-18,20,27,32H2,1H3/p+1. The second kappa shape index (κ2) is 15.6. The number of alkyl halides is 3. The highest BCUT2D eigenvalue weighted by molar-refractivity contribution is 5.89. The molecule has 0 saturated carbocycles. The van der Waals surface area contributed by atoms with E-state index in [0.717, 1.165) is 101 Å². The zero-order valence-corrected chi connectivity index (χ0v) is 32.7. The number of carboxylic acids is 1. The number of oxazole rings is 1. The Morgan fingerprint density at radius 3 is 2.27 bits per heavy atom. The molecule has 0 unspecified atom stereocenters. The molecule has 0 atom stereocenters. The van der Waals surface area contributed by atoms with Crippen LogP contribution in [-0.2, 0) is 19.3 Å². The third-order valence-electron chi connectivity index (χ3n) is 11.6. The van der Waals surface area contributed by atoms with Crippen molar-refractivity contribution in [3.05, 3.63) is 185 Å². The Morgan fingerprint density at radius 2 is 1.53 bits per heavy atom. The van der Waals surface area contributed by atoms with Gasteiger partial charge >= 0.3 is 18.0 Å². The molecule has 0 radical (unpaired) electrons. The van der Waals surface area contributed by atoms with Gasteiger partial charge in [0.05, 0.1) is 28.1 Å². The second-order valence-electron chi connectivity index (χ2n) is 15.3. The van der Waals surface area contributed by atoms with Gasteiger partial charge in [0.2, 0.25) is 5.58 Å². The summed E-state index contributed by atoms with van der Waals surface area (Å²) in [6.45, 7) is 3.55. The molecule has 1 N–H and O–H groups in total. The van der Waals surface area contributed by atoms with Crippen molar-refractivity contribution in [2.45, 2.75) is 58.3 Å². The van der Waals surface area contributed by atoms with Crippen LogP contribution in [-0.4, -0.2) is 17.6 Å². The Hall–Kier alpha value is -6.61. The first kappa shape index (κ1) is 37.9. The zero-order chi connectivity index (χ0) is 40.7. The van der Waals surface area contributed by atoms with Crippen LogP contribution >= 0.6 is 0 Å². The topological polar surface area (TPSA) is 60.8 Å². The normalized spacial score (nSPS) is 17.7. The fourth-order valence-corrected chi connectivity index (χ4v) is 8.82. The molecule has 1 aliphatic carbocycles. The molecule has 0 fully saturated rings. The number of anilines is 2. The summed E-state index contributed by atoms with van der Waals surface area (Å²) in [5.41, 5.74) is 11.2. The Balaban J connectivity index is 1.15. The number of nitrogens with zero attached hydrogens (tertiary/aromatic N) is 3. The number of carboxylic acid groups (broad SMARTS) is 1. The van der Waals surface area contributed by atoms with Crippen LogP contribution in [0.5, 0.6) is 0 Å². The summed E-state index contributed by atoms with van der Waals surface area (Å²) in [6, 6.07) is 37.6. The van der Waals surface area contributed by atoms with Crippen LogP contribution in [0.3, 0.4) is 0 Å². The minimum absolute atomic E-state index is 0.121. The summed E-state index contributed by atoms with van der Waals surface area (Å²) >= 11 is 0. The van der Waals surface area contributed by atoms with Crippen LogP contribution in [0.15, 0.2) is 161 Å². The summed E-state index contributed by atoms with van der Waals surface area (Å²) in [4.78, 5) is 15.8. The first-order valence-electron chi connectivity index (χ1n) is 20.2. The minimum atomic E-state index is -4.52. The predicted octanol–water partition coefficient (Wildman–Crippen LogP) is 12.2. The third kappa shape index (κ3) is 7.37. The lowest BCUT2D eigenvalue weighted by Gasteiger charge is -2.26. The van der Waals surface area contributed by atoms with Gasteiger partial charge in [-0.1, -0.05) is 84.9 Å². The van der Waals surface area contributed by atoms with E-state index >= 15 is 0 Å². The van der Waals surface area contributed by atoms with Crippen LogP contribution in [0.25, 0.3) is 33.4 Å². The Bertz CT molecular complexity index is 2710. The monoisotopic (exact) mass is 790 g/mol. The van der Waals surface area contributed by atoms with Crippen LogP contribution < -0.4 is 14.4 Å². The summed E-state index contributed by atoms with van der Waals surface area (Å²) in [5, 5.41) is 9.71. The molecular formula is C50H43F3N3O3+. The first-order valence-corrected chi connectivity index (χ1v) is 20.2. The van der Waals surface area contributed by atoms with E-state index in [1.165, 1.54) is 23.8 Å². The van der Waals surface area contributed by atoms with Gasteiger partial charge in [-0.15, -0.1) is 0 Å². The number of benzene rings is 5.